The van der Waals surface area contributed by atoms with Crippen LogP contribution in [0.3, 0.4) is 0 Å². The molecule has 0 saturated carbocycles. The van der Waals surface area contributed by atoms with Crippen molar-refractivity contribution >= 4 is 23.5 Å². The van der Waals surface area contributed by atoms with Gasteiger partial charge < -0.3 is 34.9 Å². The summed E-state index contributed by atoms with van der Waals surface area (Å²) in [6.45, 7) is 1.98. The predicted octanol–water partition coefficient (Wildman–Crippen LogP) is 4.87. The molecule has 250 valence electrons. The van der Waals surface area contributed by atoms with E-state index in [9.17, 15) is 19.2 Å². The molecule has 2 atom stereocenters. The lowest BCUT2D eigenvalue weighted by Crippen LogP contribution is -2.34. The van der Waals surface area contributed by atoms with Crippen LogP contribution in [0.15, 0.2) is 59.4 Å². The van der Waals surface area contributed by atoms with E-state index < -0.39 is 18.1 Å². The number of hydrogen-bond donors (Lipinski definition) is 3. The Bertz CT molecular complexity index is 1640. The summed E-state index contributed by atoms with van der Waals surface area (Å²) in [6, 6.07) is 14.8. The Morgan fingerprint density at radius 1 is 0.894 bits per heavy atom. The minimum atomic E-state index is -0.861. The smallest absolute Gasteiger partial charge is 0.333 e. The Labute approximate surface area is 275 Å². The van der Waals surface area contributed by atoms with E-state index in [0.29, 0.717) is 66.3 Å². The highest BCUT2D eigenvalue weighted by Gasteiger charge is 2.29. The number of benzene rings is 2. The molecule has 0 bridgehead atoms. The van der Waals surface area contributed by atoms with Crippen LogP contribution in [0.4, 0.5) is 5.69 Å². The molecule has 0 fully saturated rings. The Morgan fingerprint density at radius 3 is 2.30 bits per heavy atom. The van der Waals surface area contributed by atoms with Gasteiger partial charge in [-0.05, 0) is 66.1 Å². The molecule has 0 heterocycles. The summed E-state index contributed by atoms with van der Waals surface area (Å²) in [4.78, 5) is 50.5. The quantitative estimate of drug-likeness (QED) is 0.165. The van der Waals surface area contributed by atoms with E-state index in [4.69, 9.17) is 18.9 Å². The van der Waals surface area contributed by atoms with Gasteiger partial charge >= 0.3 is 5.97 Å². The molecular formula is C36H43N3O8. The van der Waals surface area contributed by atoms with E-state index >= 15 is 0 Å². The fourth-order valence-electron chi connectivity index (χ4n) is 5.94. The van der Waals surface area contributed by atoms with Crippen LogP contribution in [0.5, 0.6) is 17.2 Å². The number of amides is 2. The van der Waals surface area contributed by atoms with Crippen LogP contribution in [0.1, 0.15) is 67.8 Å². The van der Waals surface area contributed by atoms with Crippen LogP contribution >= 0.6 is 0 Å². The van der Waals surface area contributed by atoms with Crippen molar-refractivity contribution in [3.63, 3.8) is 0 Å². The third-order valence-electron chi connectivity index (χ3n) is 8.19. The average Bonchev–Trinajstić information content (AvgIpc) is 3.32. The number of nitrogens with one attached hydrogen (secondary N) is 3. The highest BCUT2D eigenvalue weighted by Crippen LogP contribution is 2.50. The maximum absolute atomic E-state index is 13.5. The number of carbonyl (C=O) groups is 3. The zero-order valence-corrected chi connectivity index (χ0v) is 27.6. The summed E-state index contributed by atoms with van der Waals surface area (Å²) in [5, 5.41) is 9.03. The molecule has 3 N–H and O–H groups in total. The topological polar surface area (TPSA) is 141 Å². The Balaban J connectivity index is 1.47. The molecule has 0 spiro atoms. The van der Waals surface area contributed by atoms with Gasteiger partial charge in [0, 0.05) is 25.5 Å². The lowest BCUT2D eigenvalue weighted by Gasteiger charge is -2.19. The summed E-state index contributed by atoms with van der Waals surface area (Å²) >= 11 is 0. The van der Waals surface area contributed by atoms with E-state index in [1.807, 2.05) is 18.2 Å². The van der Waals surface area contributed by atoms with Crippen LogP contribution in [-0.2, 0) is 25.5 Å². The van der Waals surface area contributed by atoms with Crippen molar-refractivity contribution < 1.29 is 33.3 Å². The second-order valence-electron chi connectivity index (χ2n) is 11.3. The van der Waals surface area contributed by atoms with Gasteiger partial charge in [-0.1, -0.05) is 42.8 Å². The number of rotatable bonds is 14. The SMILES string of the molecule is COC(=O)[C@@H](NC(=O)CCCCCNc1ccc2c(cc1=O)[C@@H](NC(C)=O)CCc1cc(OC)c(OC)c(OC)c1-2)c1ccccc1. The minimum Gasteiger partial charge on any atom is -0.493 e. The van der Waals surface area contributed by atoms with Crippen molar-refractivity contribution in [2.75, 3.05) is 40.3 Å². The molecule has 0 aromatic heterocycles. The number of anilines is 1. The summed E-state index contributed by atoms with van der Waals surface area (Å²) in [5.74, 6) is 0.506. The molecule has 0 aliphatic heterocycles. The fourth-order valence-corrected chi connectivity index (χ4v) is 5.94. The Kier molecular flexibility index (Phi) is 12.2. The first-order chi connectivity index (χ1) is 22.7. The molecular weight excluding hydrogens is 602 g/mol. The number of methoxy groups -OCH3 is 4. The fraction of sp³-hybridized carbons (Fsp3) is 0.389. The van der Waals surface area contributed by atoms with E-state index in [1.165, 1.54) is 14.0 Å². The predicted molar refractivity (Wildman–Crippen MR) is 179 cm³/mol. The van der Waals surface area contributed by atoms with Gasteiger partial charge in [0.05, 0.1) is 40.2 Å². The molecule has 1 aliphatic rings. The van der Waals surface area contributed by atoms with Crippen LogP contribution < -0.4 is 35.6 Å². The first-order valence-corrected chi connectivity index (χ1v) is 15.7. The number of ether oxygens (including phenoxy) is 4. The van der Waals surface area contributed by atoms with Gasteiger partial charge in [-0.25, -0.2) is 4.79 Å². The lowest BCUT2D eigenvalue weighted by atomic mass is 9.95. The zero-order chi connectivity index (χ0) is 33.9. The van der Waals surface area contributed by atoms with Gasteiger partial charge in [0.15, 0.2) is 17.5 Å². The summed E-state index contributed by atoms with van der Waals surface area (Å²) in [6.07, 6.45) is 3.49. The molecule has 11 nitrogen and oxygen atoms in total. The molecule has 2 amide bonds. The number of carbonyl (C=O) groups excluding carboxylic acids is 3. The van der Waals surface area contributed by atoms with Gasteiger partial charge in [0.1, 0.15) is 0 Å². The Hall–Kier alpha value is -5.06. The molecule has 0 saturated heterocycles. The molecule has 0 unspecified atom stereocenters. The number of esters is 1. The first kappa shape index (κ1) is 34.8. The van der Waals surface area contributed by atoms with Crippen molar-refractivity contribution in [2.45, 2.75) is 57.5 Å². The third kappa shape index (κ3) is 8.41. The molecule has 3 aromatic rings. The number of hydrogen-bond acceptors (Lipinski definition) is 9. The minimum absolute atomic E-state index is 0.194. The molecule has 47 heavy (non-hydrogen) atoms. The van der Waals surface area contributed by atoms with Crippen molar-refractivity contribution in [1.29, 1.82) is 0 Å². The van der Waals surface area contributed by atoms with Gasteiger partial charge in [0.2, 0.25) is 23.0 Å². The van der Waals surface area contributed by atoms with Gasteiger partial charge in [-0.3, -0.25) is 14.4 Å². The van der Waals surface area contributed by atoms with Crippen LogP contribution in [0.2, 0.25) is 0 Å². The second-order valence-corrected chi connectivity index (χ2v) is 11.3. The van der Waals surface area contributed by atoms with Crippen LogP contribution in [-0.4, -0.2) is 52.8 Å². The monoisotopic (exact) mass is 645 g/mol. The van der Waals surface area contributed by atoms with Crippen molar-refractivity contribution in [3.8, 4) is 28.4 Å². The summed E-state index contributed by atoms with van der Waals surface area (Å²) < 4.78 is 21.9. The van der Waals surface area contributed by atoms with Crippen molar-refractivity contribution in [1.82, 2.24) is 10.6 Å². The molecule has 11 heteroatoms. The van der Waals surface area contributed by atoms with Gasteiger partial charge in [0.25, 0.3) is 0 Å². The number of unbranched alkanes of at least 4 members (excludes halogenated alkanes) is 2. The van der Waals surface area contributed by atoms with E-state index in [-0.39, 0.29) is 23.7 Å². The first-order valence-electron chi connectivity index (χ1n) is 15.7. The molecule has 3 aromatic carbocycles. The zero-order valence-electron chi connectivity index (χ0n) is 27.6. The van der Waals surface area contributed by atoms with Gasteiger partial charge in [-0.15, -0.1) is 0 Å². The average molecular weight is 646 g/mol. The molecule has 1 aliphatic carbocycles. The maximum Gasteiger partial charge on any atom is 0.333 e. The number of aryl methyl sites for hydroxylation is 1. The second kappa shape index (κ2) is 16.5. The van der Waals surface area contributed by atoms with Crippen LogP contribution in [0.25, 0.3) is 11.1 Å². The Morgan fingerprint density at radius 2 is 1.64 bits per heavy atom. The van der Waals surface area contributed by atoms with Gasteiger partial charge in [-0.2, -0.15) is 0 Å². The van der Waals surface area contributed by atoms with Crippen LogP contribution in [0, 0.1) is 0 Å². The summed E-state index contributed by atoms with van der Waals surface area (Å²) in [5.41, 5.74) is 4.05. The standard InChI is InChI=1S/C36H43N3O8/c1-22(40)38-27-17-15-24-20-30(44-2)34(45-3)35(46-4)32(24)25-16-18-28(29(41)21-26(25)27)37-19-11-7-10-14-31(42)39-33(36(43)47-5)23-12-8-6-9-13-23/h6,8-9,12-13,16,18,20-21,27,33H,7,10-11,14-15,17,19H2,1-5H3,(H,37,41)(H,38,40)(H,39,42)/t27-,33-/m0/s1. The molecule has 0 radical (unpaired) electrons. The van der Waals surface area contributed by atoms with E-state index in [1.54, 1.807) is 57.7 Å². The third-order valence-corrected chi connectivity index (χ3v) is 8.19. The normalized spacial score (nSPS) is 13.9. The number of fused-ring (bicyclic) bond motifs is 3. The van der Waals surface area contributed by atoms with E-state index in [2.05, 4.69) is 16.0 Å². The lowest BCUT2D eigenvalue weighted by molar-refractivity contribution is -0.145. The molecule has 4 rings (SSSR count). The van der Waals surface area contributed by atoms with Crippen molar-refractivity contribution in [3.05, 3.63) is 81.5 Å². The maximum atomic E-state index is 13.5. The van der Waals surface area contributed by atoms with E-state index in [0.717, 1.165) is 23.1 Å². The highest BCUT2D eigenvalue weighted by molar-refractivity contribution is 5.86. The largest absolute Gasteiger partial charge is 0.493 e. The highest BCUT2D eigenvalue weighted by atomic mass is 16.5. The summed E-state index contributed by atoms with van der Waals surface area (Å²) in [7, 11) is 5.97. The van der Waals surface area contributed by atoms with Crippen molar-refractivity contribution in [2.24, 2.45) is 0 Å².